The zero-order chi connectivity index (χ0) is 10.2. The summed E-state index contributed by atoms with van der Waals surface area (Å²) in [7, 11) is 0. The van der Waals surface area contributed by atoms with E-state index in [0.29, 0.717) is 18.5 Å². The normalized spacial score (nSPS) is 18.6. The van der Waals surface area contributed by atoms with Crippen molar-refractivity contribution in [2.45, 2.75) is 24.9 Å². The van der Waals surface area contributed by atoms with Gasteiger partial charge in [0.2, 0.25) is 0 Å². The van der Waals surface area contributed by atoms with Crippen LogP contribution in [0.25, 0.3) is 0 Å². The molecule has 0 spiro atoms. The molecule has 1 aromatic heterocycles. The van der Waals surface area contributed by atoms with Crippen LogP contribution < -0.4 is 0 Å². The van der Waals surface area contributed by atoms with E-state index in [9.17, 15) is 9.90 Å². The fourth-order valence-electron chi connectivity index (χ4n) is 1.45. The highest BCUT2D eigenvalue weighted by Crippen LogP contribution is 2.39. The van der Waals surface area contributed by atoms with Gasteiger partial charge in [-0.15, -0.1) is 0 Å². The highest BCUT2D eigenvalue weighted by atomic mass is 16.4. The van der Waals surface area contributed by atoms with Crippen LogP contribution in [0.2, 0.25) is 0 Å². The van der Waals surface area contributed by atoms with Gasteiger partial charge in [-0.1, -0.05) is 0 Å². The summed E-state index contributed by atoms with van der Waals surface area (Å²) in [4.78, 5) is 18.1. The number of nitrogens with zero attached hydrogens (tertiary/aromatic N) is 2. The zero-order valence-electron chi connectivity index (χ0n) is 7.47. The van der Waals surface area contributed by atoms with Crippen molar-refractivity contribution in [3.05, 3.63) is 23.8 Å². The summed E-state index contributed by atoms with van der Waals surface area (Å²) in [5.41, 5.74) is -0.505. The van der Waals surface area contributed by atoms with Gasteiger partial charge in [-0.2, -0.15) is 0 Å². The predicted octanol–water partition coefficient (Wildman–Crippen LogP) is 0.546. The largest absolute Gasteiger partial charge is 0.476 e. The summed E-state index contributed by atoms with van der Waals surface area (Å²) >= 11 is 0. The Balaban J connectivity index is 2.25. The molecule has 0 bridgehead atoms. The molecular weight excluding hydrogens is 184 g/mol. The van der Waals surface area contributed by atoms with Crippen molar-refractivity contribution in [1.29, 1.82) is 0 Å². The van der Waals surface area contributed by atoms with E-state index in [1.165, 1.54) is 12.4 Å². The number of hydrogen-bond acceptors (Lipinski definition) is 4. The number of carboxylic acids is 1. The van der Waals surface area contributed by atoms with Crippen molar-refractivity contribution >= 4 is 5.97 Å². The SMILES string of the molecule is O=C(O)c1cnc(C2(O)CCC2)cn1. The van der Waals surface area contributed by atoms with Gasteiger partial charge in [0.05, 0.1) is 18.1 Å². The van der Waals surface area contributed by atoms with Gasteiger partial charge in [0.25, 0.3) is 0 Å². The summed E-state index contributed by atoms with van der Waals surface area (Å²) in [6.07, 6.45) is 4.83. The molecule has 1 heterocycles. The maximum atomic E-state index is 10.5. The van der Waals surface area contributed by atoms with Crippen molar-refractivity contribution in [3.63, 3.8) is 0 Å². The predicted molar refractivity (Wildman–Crippen MR) is 46.7 cm³/mol. The Morgan fingerprint density at radius 1 is 1.36 bits per heavy atom. The van der Waals surface area contributed by atoms with E-state index in [1.807, 2.05) is 0 Å². The second-order valence-electron chi connectivity index (χ2n) is 3.48. The molecule has 1 aromatic rings. The molecule has 0 amide bonds. The van der Waals surface area contributed by atoms with E-state index in [1.54, 1.807) is 0 Å². The first kappa shape index (κ1) is 9.08. The van der Waals surface area contributed by atoms with Crippen LogP contribution in [0.3, 0.4) is 0 Å². The number of rotatable bonds is 2. The van der Waals surface area contributed by atoms with Crippen molar-refractivity contribution in [3.8, 4) is 0 Å². The second kappa shape index (κ2) is 3.02. The zero-order valence-corrected chi connectivity index (χ0v) is 7.47. The molecule has 2 rings (SSSR count). The minimum Gasteiger partial charge on any atom is -0.476 e. The Morgan fingerprint density at radius 3 is 2.43 bits per heavy atom. The third kappa shape index (κ3) is 1.35. The molecule has 0 aliphatic heterocycles. The van der Waals surface area contributed by atoms with E-state index < -0.39 is 11.6 Å². The summed E-state index contributed by atoms with van der Waals surface area (Å²) in [6, 6.07) is 0. The summed E-state index contributed by atoms with van der Waals surface area (Å²) < 4.78 is 0. The van der Waals surface area contributed by atoms with Crippen molar-refractivity contribution < 1.29 is 15.0 Å². The molecule has 0 saturated heterocycles. The van der Waals surface area contributed by atoms with Gasteiger partial charge in [0.15, 0.2) is 5.69 Å². The van der Waals surface area contributed by atoms with E-state index in [0.717, 1.165) is 6.42 Å². The van der Waals surface area contributed by atoms with Gasteiger partial charge >= 0.3 is 5.97 Å². The molecule has 0 atom stereocenters. The van der Waals surface area contributed by atoms with Crippen molar-refractivity contribution in [1.82, 2.24) is 9.97 Å². The van der Waals surface area contributed by atoms with Gasteiger partial charge in [-0.3, -0.25) is 4.98 Å². The van der Waals surface area contributed by atoms with Gasteiger partial charge in [0.1, 0.15) is 5.60 Å². The Kier molecular flexibility index (Phi) is 1.96. The maximum absolute atomic E-state index is 10.5. The van der Waals surface area contributed by atoms with Crippen LogP contribution >= 0.6 is 0 Å². The average Bonchev–Trinajstić information content (AvgIpc) is 2.14. The molecule has 0 unspecified atom stereocenters. The molecule has 14 heavy (non-hydrogen) atoms. The van der Waals surface area contributed by atoms with Crippen molar-refractivity contribution in [2.75, 3.05) is 0 Å². The molecule has 1 aliphatic carbocycles. The highest BCUT2D eigenvalue weighted by Gasteiger charge is 2.37. The van der Waals surface area contributed by atoms with Gasteiger partial charge < -0.3 is 10.2 Å². The highest BCUT2D eigenvalue weighted by molar-refractivity contribution is 5.84. The lowest BCUT2D eigenvalue weighted by Crippen LogP contribution is -2.34. The summed E-state index contributed by atoms with van der Waals surface area (Å²) in [6.45, 7) is 0. The number of carbonyl (C=O) groups is 1. The Hall–Kier alpha value is -1.49. The Morgan fingerprint density at radius 2 is 2.07 bits per heavy atom. The molecule has 74 valence electrons. The topological polar surface area (TPSA) is 83.3 Å². The van der Waals surface area contributed by atoms with Crippen LogP contribution in [0.1, 0.15) is 35.4 Å². The minimum absolute atomic E-state index is 0.100. The molecule has 5 heteroatoms. The lowest BCUT2D eigenvalue weighted by Gasteiger charge is -2.35. The Labute approximate surface area is 80.4 Å². The molecule has 0 radical (unpaired) electrons. The summed E-state index contributed by atoms with van der Waals surface area (Å²) in [5.74, 6) is -1.11. The van der Waals surface area contributed by atoms with Crippen LogP contribution in [0.15, 0.2) is 12.4 Å². The van der Waals surface area contributed by atoms with E-state index in [-0.39, 0.29) is 5.69 Å². The first-order valence-electron chi connectivity index (χ1n) is 4.40. The molecule has 0 aromatic carbocycles. The molecule has 2 N–H and O–H groups in total. The molecular formula is C9H10N2O3. The average molecular weight is 194 g/mol. The third-order valence-corrected chi connectivity index (χ3v) is 2.53. The van der Waals surface area contributed by atoms with Crippen LogP contribution in [-0.2, 0) is 5.60 Å². The fraction of sp³-hybridized carbons (Fsp3) is 0.444. The van der Waals surface area contributed by atoms with Crippen LogP contribution in [0.5, 0.6) is 0 Å². The molecule has 1 aliphatic rings. The number of aromatic nitrogens is 2. The lowest BCUT2D eigenvalue weighted by molar-refractivity contribution is -0.0430. The van der Waals surface area contributed by atoms with Gasteiger partial charge in [-0.05, 0) is 19.3 Å². The molecule has 5 nitrogen and oxygen atoms in total. The van der Waals surface area contributed by atoms with Crippen LogP contribution in [0.4, 0.5) is 0 Å². The Bertz CT molecular complexity index is 357. The molecule has 1 saturated carbocycles. The number of aromatic carboxylic acids is 1. The number of carboxylic acid groups (broad SMARTS) is 1. The van der Waals surface area contributed by atoms with E-state index >= 15 is 0 Å². The van der Waals surface area contributed by atoms with Crippen LogP contribution in [-0.4, -0.2) is 26.2 Å². The van der Waals surface area contributed by atoms with Crippen LogP contribution in [0, 0.1) is 0 Å². The fourth-order valence-corrected chi connectivity index (χ4v) is 1.45. The van der Waals surface area contributed by atoms with E-state index in [4.69, 9.17) is 5.11 Å². The standard InChI is InChI=1S/C9H10N2O3/c12-8(13)6-4-11-7(5-10-6)9(14)2-1-3-9/h4-5,14H,1-3H2,(H,12,13). The van der Waals surface area contributed by atoms with Gasteiger partial charge in [-0.25, -0.2) is 9.78 Å². The summed E-state index contributed by atoms with van der Waals surface area (Å²) in [5, 5.41) is 18.4. The van der Waals surface area contributed by atoms with Crippen molar-refractivity contribution in [2.24, 2.45) is 0 Å². The smallest absolute Gasteiger partial charge is 0.356 e. The maximum Gasteiger partial charge on any atom is 0.356 e. The minimum atomic E-state index is -1.11. The lowest BCUT2D eigenvalue weighted by atomic mass is 9.78. The second-order valence-corrected chi connectivity index (χ2v) is 3.48. The monoisotopic (exact) mass is 194 g/mol. The molecule has 1 fully saturated rings. The first-order valence-corrected chi connectivity index (χ1v) is 4.40. The number of hydrogen-bond donors (Lipinski definition) is 2. The van der Waals surface area contributed by atoms with Gasteiger partial charge in [0, 0.05) is 0 Å². The number of aliphatic hydroxyl groups is 1. The first-order chi connectivity index (χ1) is 6.62. The van der Waals surface area contributed by atoms with E-state index in [2.05, 4.69) is 9.97 Å². The quantitative estimate of drug-likeness (QED) is 0.718. The third-order valence-electron chi connectivity index (χ3n) is 2.53.